The normalized spacial score (nSPS) is 12.5. The standard InChI is InChI=1S/C69H122O6/c1-4-7-10-13-16-19-22-25-27-29-30-31-32-33-34-35-36-37-38-39-40-41-43-44-47-50-53-56-59-62-68(71)74-65-66(64-73-67(70)61-58-55-52-49-46-24-21-18-15-12-9-6-3)75-69(72)63-60-57-54-51-48-45-42-28-26-23-20-17-14-11-8-5-2/h7,10,16,18-19,21,25,27,30-31,33-34,66H,4-6,8-9,11-15,17,20,22-24,26,28-29,32,35-65H2,1-3H3/b10-7-,19-16-,21-18-,27-25-,31-30-,34-33-. The van der Waals surface area contributed by atoms with Crippen LogP contribution in [0.1, 0.15) is 329 Å². The van der Waals surface area contributed by atoms with Crippen LogP contribution in [0.3, 0.4) is 0 Å². The molecule has 1 unspecified atom stereocenters. The highest BCUT2D eigenvalue weighted by Gasteiger charge is 2.19. The average molecular weight is 1050 g/mol. The molecule has 1 atom stereocenters. The molecular weight excluding hydrogens is 925 g/mol. The van der Waals surface area contributed by atoms with Gasteiger partial charge in [-0.2, -0.15) is 0 Å². The lowest BCUT2D eigenvalue weighted by atomic mass is 10.0. The largest absolute Gasteiger partial charge is 0.462 e. The zero-order valence-corrected chi connectivity index (χ0v) is 49.8. The van der Waals surface area contributed by atoms with Gasteiger partial charge in [0.05, 0.1) is 0 Å². The highest BCUT2D eigenvalue weighted by molar-refractivity contribution is 5.71. The van der Waals surface area contributed by atoms with Crippen LogP contribution in [-0.2, 0) is 28.6 Å². The molecule has 0 N–H and O–H groups in total. The fraction of sp³-hybridized carbons (Fsp3) is 0.783. The summed E-state index contributed by atoms with van der Waals surface area (Å²) in [7, 11) is 0. The molecule has 0 radical (unpaired) electrons. The van der Waals surface area contributed by atoms with Crippen LogP contribution in [0.2, 0.25) is 0 Å². The molecule has 0 aromatic heterocycles. The van der Waals surface area contributed by atoms with Crippen LogP contribution in [0.25, 0.3) is 0 Å². The molecule has 0 heterocycles. The summed E-state index contributed by atoms with van der Waals surface area (Å²) in [5.74, 6) is -0.868. The maximum atomic E-state index is 12.9. The predicted molar refractivity (Wildman–Crippen MR) is 325 cm³/mol. The molecule has 0 saturated carbocycles. The minimum Gasteiger partial charge on any atom is -0.462 e. The fourth-order valence-corrected chi connectivity index (χ4v) is 9.35. The van der Waals surface area contributed by atoms with Crippen LogP contribution in [0, 0.1) is 0 Å². The Bertz CT molecular complexity index is 1390. The molecule has 434 valence electrons. The Morgan fingerprint density at radius 3 is 0.853 bits per heavy atom. The van der Waals surface area contributed by atoms with Gasteiger partial charge in [0.2, 0.25) is 0 Å². The second-order valence-corrected chi connectivity index (χ2v) is 21.6. The number of hydrogen-bond donors (Lipinski definition) is 0. The van der Waals surface area contributed by atoms with Crippen molar-refractivity contribution in [3.05, 3.63) is 72.9 Å². The number of esters is 3. The lowest BCUT2D eigenvalue weighted by Gasteiger charge is -2.18. The Balaban J connectivity index is 4.21. The molecule has 0 amide bonds. The van der Waals surface area contributed by atoms with E-state index in [1.54, 1.807) is 0 Å². The van der Waals surface area contributed by atoms with E-state index in [0.29, 0.717) is 19.3 Å². The summed E-state index contributed by atoms with van der Waals surface area (Å²) < 4.78 is 16.9. The van der Waals surface area contributed by atoms with E-state index in [-0.39, 0.29) is 31.1 Å². The second kappa shape index (κ2) is 63.4. The van der Waals surface area contributed by atoms with Crippen molar-refractivity contribution in [3.63, 3.8) is 0 Å². The Morgan fingerprint density at radius 2 is 0.520 bits per heavy atom. The minimum absolute atomic E-state index is 0.0744. The van der Waals surface area contributed by atoms with E-state index < -0.39 is 6.10 Å². The molecule has 0 aromatic rings. The first kappa shape index (κ1) is 71.8. The smallest absolute Gasteiger partial charge is 0.306 e. The topological polar surface area (TPSA) is 78.9 Å². The van der Waals surface area contributed by atoms with Gasteiger partial charge in [-0.05, 0) is 89.9 Å². The van der Waals surface area contributed by atoms with E-state index in [9.17, 15) is 14.4 Å². The van der Waals surface area contributed by atoms with Crippen molar-refractivity contribution < 1.29 is 28.6 Å². The second-order valence-electron chi connectivity index (χ2n) is 21.6. The summed E-state index contributed by atoms with van der Waals surface area (Å²) in [5.41, 5.74) is 0. The van der Waals surface area contributed by atoms with Crippen LogP contribution < -0.4 is 0 Å². The van der Waals surface area contributed by atoms with Crippen LogP contribution in [0.4, 0.5) is 0 Å². The molecule has 0 saturated heterocycles. The molecule has 0 bridgehead atoms. The van der Waals surface area contributed by atoms with Crippen molar-refractivity contribution in [2.45, 2.75) is 335 Å². The molecule has 0 rings (SSSR count). The van der Waals surface area contributed by atoms with Gasteiger partial charge in [0.15, 0.2) is 6.10 Å². The number of unbranched alkanes of at least 4 members (excludes halogenated alkanes) is 36. The summed E-state index contributed by atoms with van der Waals surface area (Å²) in [5, 5.41) is 0. The van der Waals surface area contributed by atoms with Gasteiger partial charge in [-0.15, -0.1) is 0 Å². The van der Waals surface area contributed by atoms with Crippen molar-refractivity contribution in [2.24, 2.45) is 0 Å². The Hall–Kier alpha value is -3.15. The van der Waals surface area contributed by atoms with Crippen molar-refractivity contribution in [2.75, 3.05) is 13.2 Å². The molecule has 6 heteroatoms. The van der Waals surface area contributed by atoms with Crippen LogP contribution in [0.15, 0.2) is 72.9 Å². The number of carbonyl (C=O) groups excluding carboxylic acids is 3. The summed E-state index contributed by atoms with van der Waals surface area (Å²) in [6.07, 6.45) is 82.0. The fourth-order valence-electron chi connectivity index (χ4n) is 9.35. The van der Waals surface area contributed by atoms with E-state index in [4.69, 9.17) is 14.2 Å². The molecule has 0 aromatic carbocycles. The third kappa shape index (κ3) is 61.6. The first-order valence-corrected chi connectivity index (χ1v) is 32.4. The van der Waals surface area contributed by atoms with Crippen LogP contribution in [0.5, 0.6) is 0 Å². The maximum Gasteiger partial charge on any atom is 0.306 e. The van der Waals surface area contributed by atoms with E-state index in [1.165, 1.54) is 193 Å². The van der Waals surface area contributed by atoms with Gasteiger partial charge in [0.25, 0.3) is 0 Å². The predicted octanol–water partition coefficient (Wildman–Crippen LogP) is 22.1. The van der Waals surface area contributed by atoms with Gasteiger partial charge >= 0.3 is 17.9 Å². The minimum atomic E-state index is -0.776. The number of hydrogen-bond acceptors (Lipinski definition) is 6. The highest BCUT2D eigenvalue weighted by Crippen LogP contribution is 2.17. The summed E-state index contributed by atoms with van der Waals surface area (Å²) in [4.78, 5) is 38.3. The monoisotopic (exact) mass is 1050 g/mol. The van der Waals surface area contributed by atoms with E-state index in [2.05, 4.69) is 93.7 Å². The Labute approximate surface area is 465 Å². The van der Waals surface area contributed by atoms with Gasteiger partial charge in [0.1, 0.15) is 13.2 Å². The van der Waals surface area contributed by atoms with Gasteiger partial charge in [-0.25, -0.2) is 0 Å². The van der Waals surface area contributed by atoms with Gasteiger partial charge in [0, 0.05) is 19.3 Å². The lowest BCUT2D eigenvalue weighted by Crippen LogP contribution is -2.30. The Kier molecular flexibility index (Phi) is 60.7. The molecule has 75 heavy (non-hydrogen) atoms. The van der Waals surface area contributed by atoms with Crippen LogP contribution >= 0.6 is 0 Å². The zero-order chi connectivity index (χ0) is 54.3. The number of allylic oxidation sites excluding steroid dienone is 12. The Morgan fingerprint density at radius 1 is 0.280 bits per heavy atom. The number of ether oxygens (including phenoxy) is 3. The van der Waals surface area contributed by atoms with E-state index in [1.807, 2.05) is 0 Å². The van der Waals surface area contributed by atoms with Gasteiger partial charge < -0.3 is 14.2 Å². The van der Waals surface area contributed by atoms with Crippen molar-refractivity contribution in [1.82, 2.24) is 0 Å². The summed E-state index contributed by atoms with van der Waals surface area (Å²) in [6.45, 7) is 6.54. The highest BCUT2D eigenvalue weighted by atomic mass is 16.6. The summed E-state index contributed by atoms with van der Waals surface area (Å²) in [6, 6.07) is 0. The molecule has 0 aliphatic heterocycles. The molecule has 6 nitrogen and oxygen atoms in total. The SMILES string of the molecule is CC/C=C\C/C=C\C/C=C\C/C=C\C/C=C\CCCCCCCCCCCCCCCC(=O)OCC(COC(=O)CCCCCCC/C=C\CCCCC)OC(=O)CCCCCCCCCCCCCCCCCC. The van der Waals surface area contributed by atoms with Gasteiger partial charge in [-0.3, -0.25) is 14.4 Å². The molecule has 0 fully saturated rings. The number of carbonyl (C=O) groups is 3. The molecule has 0 aliphatic carbocycles. The summed E-state index contributed by atoms with van der Waals surface area (Å²) >= 11 is 0. The molecule has 0 aliphatic rings. The number of rotatable bonds is 59. The van der Waals surface area contributed by atoms with Crippen molar-refractivity contribution in [3.8, 4) is 0 Å². The van der Waals surface area contributed by atoms with E-state index >= 15 is 0 Å². The van der Waals surface area contributed by atoms with Gasteiger partial charge in [-0.1, -0.05) is 293 Å². The third-order valence-corrected chi connectivity index (χ3v) is 14.2. The molecule has 0 spiro atoms. The quantitative estimate of drug-likeness (QED) is 0.0261. The van der Waals surface area contributed by atoms with Crippen molar-refractivity contribution >= 4 is 17.9 Å². The maximum absolute atomic E-state index is 12.9. The molecular formula is C69H122O6. The average Bonchev–Trinajstić information content (AvgIpc) is 3.41. The first-order chi connectivity index (χ1) is 37.0. The van der Waals surface area contributed by atoms with Crippen molar-refractivity contribution in [1.29, 1.82) is 0 Å². The van der Waals surface area contributed by atoms with E-state index in [0.717, 1.165) is 96.3 Å². The first-order valence-electron chi connectivity index (χ1n) is 32.4. The van der Waals surface area contributed by atoms with Crippen LogP contribution in [-0.4, -0.2) is 37.2 Å². The third-order valence-electron chi connectivity index (χ3n) is 14.2. The lowest BCUT2D eigenvalue weighted by molar-refractivity contribution is -0.167. The zero-order valence-electron chi connectivity index (χ0n) is 49.8.